The lowest BCUT2D eigenvalue weighted by molar-refractivity contribution is -0.142. The van der Waals surface area contributed by atoms with Gasteiger partial charge < -0.3 is 9.15 Å². The van der Waals surface area contributed by atoms with E-state index >= 15 is 0 Å². The molecule has 0 aliphatic heterocycles. The zero-order valence-electron chi connectivity index (χ0n) is 15.7. The number of carbonyl (C=O) groups is 1. The normalized spacial score (nSPS) is 12.1. The van der Waals surface area contributed by atoms with E-state index in [1.807, 2.05) is 61.7 Å². The molecular weight excluding hydrogens is 362 g/mol. The minimum absolute atomic E-state index is 0.219. The Morgan fingerprint density at radius 3 is 2.70 bits per heavy atom. The highest BCUT2D eigenvalue weighted by Gasteiger charge is 2.26. The number of rotatable bonds is 8. The SMILES string of the molecule is CCC[C@H](Sc1nnc(-c2ccco2)n1-c1ccccc1C)C(=O)OCC. The summed E-state index contributed by atoms with van der Waals surface area (Å²) in [5, 5.41) is 9.02. The van der Waals surface area contributed by atoms with Gasteiger partial charge in [-0.05, 0) is 44.0 Å². The van der Waals surface area contributed by atoms with Crippen LogP contribution in [0.2, 0.25) is 0 Å². The number of ether oxygens (including phenoxy) is 1. The number of nitrogens with zero attached hydrogens (tertiary/aromatic N) is 3. The number of carbonyl (C=O) groups excluding carboxylic acids is 1. The van der Waals surface area contributed by atoms with E-state index in [9.17, 15) is 4.79 Å². The molecule has 1 aromatic carbocycles. The predicted molar refractivity (Wildman–Crippen MR) is 105 cm³/mol. The summed E-state index contributed by atoms with van der Waals surface area (Å²) >= 11 is 1.38. The minimum Gasteiger partial charge on any atom is -0.465 e. The molecule has 0 saturated heterocycles. The van der Waals surface area contributed by atoms with Gasteiger partial charge in [-0.2, -0.15) is 0 Å². The summed E-state index contributed by atoms with van der Waals surface area (Å²) in [7, 11) is 0. The van der Waals surface area contributed by atoms with E-state index in [1.165, 1.54) is 11.8 Å². The van der Waals surface area contributed by atoms with Crippen LogP contribution in [0.25, 0.3) is 17.3 Å². The fraction of sp³-hybridized carbons (Fsp3) is 0.350. The van der Waals surface area contributed by atoms with Crippen LogP contribution in [0, 0.1) is 6.92 Å². The van der Waals surface area contributed by atoms with Crippen molar-refractivity contribution in [3.8, 4) is 17.3 Å². The topological polar surface area (TPSA) is 70.2 Å². The molecule has 3 aromatic rings. The number of esters is 1. The molecule has 0 spiro atoms. The van der Waals surface area contributed by atoms with E-state index in [0.717, 1.165) is 17.7 Å². The van der Waals surface area contributed by atoms with Gasteiger partial charge in [-0.3, -0.25) is 9.36 Å². The van der Waals surface area contributed by atoms with E-state index in [1.54, 1.807) is 6.26 Å². The number of furan rings is 1. The fourth-order valence-corrected chi connectivity index (χ4v) is 3.94. The third kappa shape index (κ3) is 4.24. The van der Waals surface area contributed by atoms with Gasteiger partial charge in [-0.25, -0.2) is 0 Å². The van der Waals surface area contributed by atoms with Crippen molar-refractivity contribution in [3.63, 3.8) is 0 Å². The van der Waals surface area contributed by atoms with Gasteiger partial charge in [0.1, 0.15) is 5.25 Å². The second-order valence-corrected chi connectivity index (χ2v) is 7.22. The molecule has 0 amide bonds. The second kappa shape index (κ2) is 8.90. The summed E-state index contributed by atoms with van der Waals surface area (Å²) in [6.45, 7) is 6.26. The molecule has 142 valence electrons. The maximum atomic E-state index is 12.4. The molecule has 0 unspecified atom stereocenters. The van der Waals surface area contributed by atoms with Gasteiger partial charge in [0.05, 0.1) is 18.6 Å². The van der Waals surface area contributed by atoms with Crippen molar-refractivity contribution in [2.24, 2.45) is 0 Å². The molecule has 3 rings (SSSR count). The molecule has 7 heteroatoms. The van der Waals surface area contributed by atoms with Crippen molar-refractivity contribution < 1.29 is 13.9 Å². The van der Waals surface area contributed by atoms with Gasteiger partial charge in [0, 0.05) is 0 Å². The molecule has 0 aliphatic carbocycles. The molecule has 2 heterocycles. The van der Waals surface area contributed by atoms with Crippen LogP contribution in [0.5, 0.6) is 0 Å². The van der Waals surface area contributed by atoms with Crippen molar-refractivity contribution >= 4 is 17.7 Å². The second-order valence-electron chi connectivity index (χ2n) is 6.05. The smallest absolute Gasteiger partial charge is 0.319 e. The Hall–Kier alpha value is -2.54. The maximum absolute atomic E-state index is 12.4. The van der Waals surface area contributed by atoms with Gasteiger partial charge >= 0.3 is 5.97 Å². The Morgan fingerprint density at radius 1 is 1.22 bits per heavy atom. The summed E-state index contributed by atoms with van der Waals surface area (Å²) in [6, 6.07) is 11.7. The average molecular weight is 385 g/mol. The Morgan fingerprint density at radius 2 is 2.04 bits per heavy atom. The van der Waals surface area contributed by atoms with E-state index in [-0.39, 0.29) is 11.2 Å². The van der Waals surface area contributed by atoms with Crippen LogP contribution in [-0.4, -0.2) is 32.6 Å². The van der Waals surface area contributed by atoms with E-state index < -0.39 is 0 Å². The molecule has 6 nitrogen and oxygen atoms in total. The Bertz CT molecular complexity index is 890. The molecule has 0 radical (unpaired) electrons. The molecule has 0 saturated carbocycles. The molecule has 0 N–H and O–H groups in total. The van der Waals surface area contributed by atoms with Crippen molar-refractivity contribution in [3.05, 3.63) is 48.2 Å². The fourth-order valence-electron chi connectivity index (χ4n) is 2.79. The maximum Gasteiger partial charge on any atom is 0.319 e. The number of benzene rings is 1. The first-order valence-electron chi connectivity index (χ1n) is 9.04. The molecule has 1 atom stereocenters. The summed E-state index contributed by atoms with van der Waals surface area (Å²) in [6.07, 6.45) is 3.19. The minimum atomic E-state index is -0.327. The largest absolute Gasteiger partial charge is 0.465 e. The van der Waals surface area contributed by atoms with Crippen LogP contribution < -0.4 is 0 Å². The summed E-state index contributed by atoms with van der Waals surface area (Å²) in [4.78, 5) is 12.4. The van der Waals surface area contributed by atoms with Crippen molar-refractivity contribution in [2.45, 2.75) is 44.0 Å². The first-order chi connectivity index (χ1) is 13.2. The number of hydrogen-bond donors (Lipinski definition) is 0. The van der Waals surface area contributed by atoms with Gasteiger partial charge in [0.2, 0.25) is 5.82 Å². The zero-order chi connectivity index (χ0) is 19.2. The lowest BCUT2D eigenvalue weighted by Gasteiger charge is -2.16. The van der Waals surface area contributed by atoms with E-state index in [0.29, 0.717) is 29.8 Å². The Balaban J connectivity index is 2.05. The molecule has 0 aliphatic rings. The summed E-state index contributed by atoms with van der Waals surface area (Å²) < 4.78 is 12.7. The molecule has 0 fully saturated rings. The van der Waals surface area contributed by atoms with Crippen LogP contribution in [0.15, 0.2) is 52.2 Å². The van der Waals surface area contributed by atoms with Gasteiger partial charge in [0.25, 0.3) is 0 Å². The van der Waals surface area contributed by atoms with E-state index in [2.05, 4.69) is 10.2 Å². The number of aryl methyl sites for hydroxylation is 1. The third-order valence-corrected chi connectivity index (χ3v) is 5.27. The number of thioether (sulfide) groups is 1. The highest BCUT2D eigenvalue weighted by Crippen LogP contribution is 2.33. The van der Waals surface area contributed by atoms with Gasteiger partial charge in [-0.15, -0.1) is 10.2 Å². The lowest BCUT2D eigenvalue weighted by atomic mass is 10.2. The van der Waals surface area contributed by atoms with Crippen molar-refractivity contribution in [1.82, 2.24) is 14.8 Å². The van der Waals surface area contributed by atoms with E-state index in [4.69, 9.17) is 9.15 Å². The van der Waals surface area contributed by atoms with Gasteiger partial charge in [-0.1, -0.05) is 43.3 Å². The number of para-hydroxylation sites is 1. The third-order valence-electron chi connectivity index (χ3n) is 4.08. The van der Waals surface area contributed by atoms with Gasteiger partial charge in [0.15, 0.2) is 10.9 Å². The summed E-state index contributed by atoms with van der Waals surface area (Å²) in [5.41, 5.74) is 2.03. The number of hydrogen-bond acceptors (Lipinski definition) is 6. The first kappa shape index (κ1) is 19.2. The molecule has 0 bridgehead atoms. The molecule has 2 aromatic heterocycles. The van der Waals surface area contributed by atoms with Crippen LogP contribution >= 0.6 is 11.8 Å². The van der Waals surface area contributed by atoms with Crippen molar-refractivity contribution in [2.75, 3.05) is 6.61 Å². The average Bonchev–Trinajstić information content (AvgIpc) is 3.31. The predicted octanol–water partition coefficient (Wildman–Crippen LogP) is 4.66. The molecular formula is C20H23N3O3S. The zero-order valence-corrected chi connectivity index (χ0v) is 16.5. The van der Waals surface area contributed by atoms with Crippen LogP contribution in [0.3, 0.4) is 0 Å². The highest BCUT2D eigenvalue weighted by molar-refractivity contribution is 8.00. The lowest BCUT2D eigenvalue weighted by Crippen LogP contribution is -2.21. The van der Waals surface area contributed by atoms with Crippen LogP contribution in [0.1, 0.15) is 32.3 Å². The quantitative estimate of drug-likeness (QED) is 0.415. The Kier molecular flexibility index (Phi) is 6.34. The Labute approximate surface area is 162 Å². The van der Waals surface area contributed by atoms with Crippen molar-refractivity contribution in [1.29, 1.82) is 0 Å². The standard InChI is InChI=1S/C20H23N3O3S/c1-4-9-17(19(24)25-5-2)27-20-22-21-18(16-12-8-13-26-16)23(20)15-11-7-6-10-14(15)3/h6-8,10-13,17H,4-5,9H2,1-3H3/t17-/m0/s1. The summed E-state index contributed by atoms with van der Waals surface area (Å²) in [5.74, 6) is 1.01. The first-order valence-corrected chi connectivity index (χ1v) is 9.92. The van der Waals surface area contributed by atoms with Crippen LogP contribution in [-0.2, 0) is 9.53 Å². The van der Waals surface area contributed by atoms with Crippen LogP contribution in [0.4, 0.5) is 0 Å². The monoisotopic (exact) mass is 385 g/mol. The highest BCUT2D eigenvalue weighted by atomic mass is 32.2. The molecule has 27 heavy (non-hydrogen) atoms. The number of aromatic nitrogens is 3.